The van der Waals surface area contributed by atoms with Gasteiger partial charge in [-0.15, -0.1) is 11.7 Å². The minimum Gasteiger partial charge on any atom is -0.371 e. The Bertz CT molecular complexity index is 238. The summed E-state index contributed by atoms with van der Waals surface area (Å²) in [6, 6.07) is 0. The van der Waals surface area contributed by atoms with Crippen LogP contribution in [-0.2, 0) is 11.3 Å². The molecule has 0 saturated carbocycles. The summed E-state index contributed by atoms with van der Waals surface area (Å²) in [6.45, 7) is 4.42. The molecule has 1 rings (SSSR count). The Kier molecular flexibility index (Phi) is 3.48. The van der Waals surface area contributed by atoms with Crippen LogP contribution in [0.3, 0.4) is 0 Å². The van der Waals surface area contributed by atoms with Gasteiger partial charge in [0.25, 0.3) is 0 Å². The third-order valence-electron chi connectivity index (χ3n) is 0.984. The number of hydrogen-bond donors (Lipinski definition) is 0. The van der Waals surface area contributed by atoms with E-state index < -0.39 is 0 Å². The van der Waals surface area contributed by atoms with E-state index >= 15 is 0 Å². The van der Waals surface area contributed by atoms with Crippen LogP contribution in [0.5, 0.6) is 0 Å². The van der Waals surface area contributed by atoms with Crippen LogP contribution in [0, 0.1) is 0 Å². The molecule has 0 saturated heterocycles. The lowest BCUT2D eigenvalue weighted by Crippen LogP contribution is -1.93. The largest absolute Gasteiger partial charge is 0.371 e. The first-order chi connectivity index (χ1) is 5.34. The highest BCUT2D eigenvalue weighted by Gasteiger charge is 2.03. The molecule has 0 bridgehead atoms. The van der Waals surface area contributed by atoms with Crippen LogP contribution < -0.4 is 0 Å². The second-order valence-corrected chi connectivity index (χ2v) is 3.15. The van der Waals surface area contributed by atoms with Crippen molar-refractivity contribution in [1.82, 2.24) is 9.59 Å². The maximum atomic E-state index is 5.71. The molecule has 60 valence electrons. The minimum atomic E-state index is 0.404. The number of nitrogens with zero attached hydrogens (tertiary/aromatic N) is 2. The van der Waals surface area contributed by atoms with Crippen molar-refractivity contribution in [2.45, 2.75) is 6.61 Å². The van der Waals surface area contributed by atoms with Gasteiger partial charge in [0.2, 0.25) is 0 Å². The van der Waals surface area contributed by atoms with Crippen LogP contribution >= 0.6 is 23.1 Å². The molecule has 0 fully saturated rings. The summed E-state index contributed by atoms with van der Waals surface area (Å²) in [5.41, 5.74) is 0.693. The highest BCUT2D eigenvalue weighted by Crippen LogP contribution is 2.17. The smallest absolute Gasteiger partial charge is 0.139 e. The summed E-state index contributed by atoms with van der Waals surface area (Å²) >= 11 is 6.87. The van der Waals surface area contributed by atoms with E-state index in [2.05, 4.69) is 16.2 Å². The quantitative estimate of drug-likeness (QED) is 0.537. The van der Waals surface area contributed by atoms with Crippen molar-refractivity contribution in [3.05, 3.63) is 22.7 Å². The molecule has 0 aromatic carbocycles. The van der Waals surface area contributed by atoms with E-state index in [9.17, 15) is 0 Å². The Morgan fingerprint density at radius 3 is 3.09 bits per heavy atom. The van der Waals surface area contributed by atoms with Gasteiger partial charge in [0.15, 0.2) is 0 Å². The third kappa shape index (κ3) is 2.57. The summed E-state index contributed by atoms with van der Waals surface area (Å²) in [5, 5.41) is 3.76. The van der Waals surface area contributed by atoms with Gasteiger partial charge in [-0.05, 0) is 0 Å². The van der Waals surface area contributed by atoms with Crippen LogP contribution in [0.1, 0.15) is 5.69 Å². The van der Waals surface area contributed by atoms with Crippen LogP contribution in [0.15, 0.2) is 12.7 Å². The van der Waals surface area contributed by atoms with Crippen molar-refractivity contribution in [2.75, 3.05) is 6.61 Å². The first-order valence-electron chi connectivity index (χ1n) is 3.00. The maximum Gasteiger partial charge on any atom is 0.139 e. The molecule has 3 nitrogen and oxygen atoms in total. The molecule has 11 heavy (non-hydrogen) atoms. The van der Waals surface area contributed by atoms with Gasteiger partial charge in [-0.2, -0.15) is 0 Å². The Morgan fingerprint density at radius 1 is 1.73 bits per heavy atom. The molecule has 0 atom stereocenters. The zero-order valence-electron chi connectivity index (χ0n) is 5.79. The predicted octanol–water partition coefficient (Wildman–Crippen LogP) is 1.89. The first kappa shape index (κ1) is 8.64. The molecule has 0 N–H and O–H groups in total. The van der Waals surface area contributed by atoms with Crippen molar-refractivity contribution in [3.63, 3.8) is 0 Å². The van der Waals surface area contributed by atoms with E-state index in [1.165, 1.54) is 0 Å². The molecule has 0 unspecified atom stereocenters. The Hall–Kier alpha value is -0.450. The van der Waals surface area contributed by atoms with Gasteiger partial charge < -0.3 is 4.74 Å². The monoisotopic (exact) mass is 190 g/mol. The molecule has 0 spiro atoms. The Labute approximate surface area is 73.8 Å². The molecule has 1 heterocycles. The predicted molar refractivity (Wildman–Crippen MR) is 44.8 cm³/mol. The van der Waals surface area contributed by atoms with Gasteiger partial charge in [0.05, 0.1) is 13.2 Å². The molecule has 0 aliphatic carbocycles. The van der Waals surface area contributed by atoms with Crippen molar-refractivity contribution < 1.29 is 4.74 Å². The first-order valence-corrected chi connectivity index (χ1v) is 4.15. The normalized spacial score (nSPS) is 9.91. The van der Waals surface area contributed by atoms with Gasteiger partial charge in [-0.1, -0.05) is 22.2 Å². The van der Waals surface area contributed by atoms with E-state index in [1.54, 1.807) is 6.08 Å². The van der Waals surface area contributed by atoms with Crippen molar-refractivity contribution in [3.8, 4) is 0 Å². The van der Waals surface area contributed by atoms with Gasteiger partial charge >= 0.3 is 0 Å². The molecule has 5 heteroatoms. The second kappa shape index (κ2) is 4.43. The van der Waals surface area contributed by atoms with Crippen molar-refractivity contribution in [1.29, 1.82) is 0 Å². The topological polar surface area (TPSA) is 35.0 Å². The number of halogens is 1. The lowest BCUT2D eigenvalue weighted by Gasteiger charge is -1.95. The zero-order valence-corrected chi connectivity index (χ0v) is 7.36. The average Bonchev–Trinajstić information content (AvgIpc) is 2.37. The highest BCUT2D eigenvalue weighted by atomic mass is 35.5. The van der Waals surface area contributed by atoms with E-state index in [4.69, 9.17) is 16.3 Å². The summed E-state index contributed by atoms with van der Waals surface area (Å²) in [4.78, 5) is 0. The number of rotatable bonds is 4. The summed E-state index contributed by atoms with van der Waals surface area (Å²) in [7, 11) is 0. The fraction of sp³-hybridized carbons (Fsp3) is 0.333. The van der Waals surface area contributed by atoms with Crippen LogP contribution in [-0.4, -0.2) is 16.2 Å². The second-order valence-electron chi connectivity index (χ2n) is 1.80. The standard InChI is InChI=1S/C6H7ClN2OS/c1-2-3-10-4-5-6(7)11-9-8-5/h2H,1,3-4H2. The van der Waals surface area contributed by atoms with Crippen LogP contribution in [0.2, 0.25) is 4.34 Å². The zero-order chi connectivity index (χ0) is 8.10. The highest BCUT2D eigenvalue weighted by molar-refractivity contribution is 7.10. The Morgan fingerprint density at radius 2 is 2.55 bits per heavy atom. The molecule has 0 aliphatic heterocycles. The van der Waals surface area contributed by atoms with Crippen molar-refractivity contribution >= 4 is 23.1 Å². The minimum absolute atomic E-state index is 0.404. The SMILES string of the molecule is C=CCOCc1nnsc1Cl. The number of aromatic nitrogens is 2. The number of hydrogen-bond acceptors (Lipinski definition) is 4. The van der Waals surface area contributed by atoms with E-state index in [-0.39, 0.29) is 0 Å². The maximum absolute atomic E-state index is 5.71. The van der Waals surface area contributed by atoms with Crippen LogP contribution in [0.4, 0.5) is 0 Å². The van der Waals surface area contributed by atoms with E-state index in [0.717, 1.165) is 11.5 Å². The van der Waals surface area contributed by atoms with Crippen molar-refractivity contribution in [2.24, 2.45) is 0 Å². The summed E-state index contributed by atoms with van der Waals surface area (Å²) in [6.07, 6.45) is 1.67. The van der Waals surface area contributed by atoms with E-state index in [0.29, 0.717) is 23.2 Å². The summed E-state index contributed by atoms with van der Waals surface area (Å²) < 4.78 is 9.36. The molecule has 0 amide bonds. The summed E-state index contributed by atoms with van der Waals surface area (Å²) in [5.74, 6) is 0. The lowest BCUT2D eigenvalue weighted by atomic mass is 10.5. The Balaban J connectivity index is 2.38. The average molecular weight is 191 g/mol. The molecule has 1 aromatic rings. The van der Waals surface area contributed by atoms with Gasteiger partial charge in [0, 0.05) is 11.5 Å². The molecule has 1 aromatic heterocycles. The number of ether oxygens (including phenoxy) is 1. The molecule has 0 aliphatic rings. The van der Waals surface area contributed by atoms with Gasteiger partial charge in [-0.25, -0.2) is 0 Å². The molecular weight excluding hydrogens is 184 g/mol. The van der Waals surface area contributed by atoms with Gasteiger partial charge in [-0.3, -0.25) is 0 Å². The third-order valence-corrected chi connectivity index (χ3v) is 1.97. The fourth-order valence-corrected chi connectivity index (χ4v) is 1.12. The van der Waals surface area contributed by atoms with Crippen LogP contribution in [0.25, 0.3) is 0 Å². The molecule has 0 radical (unpaired) electrons. The van der Waals surface area contributed by atoms with E-state index in [1.807, 2.05) is 0 Å². The molecular formula is C6H7ClN2OS. The lowest BCUT2D eigenvalue weighted by molar-refractivity contribution is 0.146. The van der Waals surface area contributed by atoms with Gasteiger partial charge in [0.1, 0.15) is 10.0 Å². The fourth-order valence-electron chi connectivity index (χ4n) is 0.522.